The summed E-state index contributed by atoms with van der Waals surface area (Å²) in [7, 11) is 1.59. The number of carbonyl (C=O) groups is 3. The van der Waals surface area contributed by atoms with Crippen molar-refractivity contribution in [2.45, 2.75) is 13.8 Å². The first-order valence-corrected chi connectivity index (χ1v) is 6.55. The molecule has 5 heteroatoms. The smallest absolute Gasteiger partial charge is 0.312 e. The molecule has 0 N–H and O–H groups in total. The molecule has 106 valence electrons. The molecular weight excluding hydrogens is 256 g/mol. The van der Waals surface area contributed by atoms with Crippen molar-refractivity contribution in [1.29, 1.82) is 0 Å². The van der Waals surface area contributed by atoms with Crippen LogP contribution < -0.4 is 0 Å². The third-order valence-corrected chi connectivity index (χ3v) is 3.55. The van der Waals surface area contributed by atoms with Crippen molar-refractivity contribution in [3.8, 4) is 0 Å². The fraction of sp³-hybridized carbons (Fsp3) is 0.400. The molecule has 1 aliphatic heterocycles. The SMILES string of the molecule is Cc1ccc(C)c(C(=O)CN2CCN(C)C(=O)C2=O)c1. The Bertz CT molecular complexity index is 580. The van der Waals surface area contributed by atoms with Crippen molar-refractivity contribution in [2.75, 3.05) is 26.7 Å². The summed E-state index contributed by atoms with van der Waals surface area (Å²) in [6, 6.07) is 5.65. The van der Waals surface area contributed by atoms with Crippen LogP contribution in [0.3, 0.4) is 0 Å². The number of hydrogen-bond donors (Lipinski definition) is 0. The van der Waals surface area contributed by atoms with Gasteiger partial charge >= 0.3 is 11.8 Å². The summed E-state index contributed by atoms with van der Waals surface area (Å²) in [6.45, 7) is 4.61. The minimum Gasteiger partial charge on any atom is -0.336 e. The number of piperazine rings is 1. The molecule has 1 aliphatic rings. The largest absolute Gasteiger partial charge is 0.336 e. The van der Waals surface area contributed by atoms with Gasteiger partial charge in [-0.05, 0) is 25.5 Å². The predicted octanol–water partition coefficient (Wildman–Crippen LogP) is 0.787. The van der Waals surface area contributed by atoms with Crippen LogP contribution in [0.15, 0.2) is 18.2 Å². The highest BCUT2D eigenvalue weighted by molar-refractivity contribution is 6.35. The highest BCUT2D eigenvalue weighted by atomic mass is 16.2. The molecule has 5 nitrogen and oxygen atoms in total. The highest BCUT2D eigenvalue weighted by Crippen LogP contribution is 2.13. The van der Waals surface area contributed by atoms with Crippen molar-refractivity contribution in [1.82, 2.24) is 9.80 Å². The molecule has 0 unspecified atom stereocenters. The Labute approximate surface area is 118 Å². The quantitative estimate of drug-likeness (QED) is 0.605. The molecule has 1 heterocycles. The molecule has 0 aliphatic carbocycles. The summed E-state index contributed by atoms with van der Waals surface area (Å²) in [6.07, 6.45) is 0. The first-order valence-electron chi connectivity index (χ1n) is 6.55. The Balaban J connectivity index is 2.14. The van der Waals surface area contributed by atoms with Crippen LogP contribution in [0.2, 0.25) is 0 Å². The lowest BCUT2D eigenvalue weighted by Crippen LogP contribution is -2.54. The van der Waals surface area contributed by atoms with Gasteiger partial charge in [-0.1, -0.05) is 17.7 Å². The van der Waals surface area contributed by atoms with Gasteiger partial charge < -0.3 is 9.80 Å². The lowest BCUT2D eigenvalue weighted by atomic mass is 10.0. The third kappa shape index (κ3) is 2.71. The molecule has 1 saturated heterocycles. The van der Waals surface area contributed by atoms with E-state index in [-0.39, 0.29) is 12.3 Å². The van der Waals surface area contributed by atoms with E-state index in [4.69, 9.17) is 0 Å². The number of aryl methyl sites for hydroxylation is 2. The minimum atomic E-state index is -0.600. The van der Waals surface area contributed by atoms with Crippen LogP contribution in [0, 0.1) is 13.8 Å². The van der Waals surface area contributed by atoms with Crippen LogP contribution in [0.25, 0.3) is 0 Å². The van der Waals surface area contributed by atoms with E-state index < -0.39 is 11.8 Å². The lowest BCUT2D eigenvalue weighted by molar-refractivity contribution is -0.154. The Morgan fingerprint density at radius 2 is 1.85 bits per heavy atom. The van der Waals surface area contributed by atoms with Crippen LogP contribution in [0.5, 0.6) is 0 Å². The van der Waals surface area contributed by atoms with Gasteiger partial charge in [0.05, 0.1) is 6.54 Å². The minimum absolute atomic E-state index is 0.0390. The molecule has 1 aromatic carbocycles. The van der Waals surface area contributed by atoms with E-state index >= 15 is 0 Å². The van der Waals surface area contributed by atoms with Crippen LogP contribution in [0.4, 0.5) is 0 Å². The van der Waals surface area contributed by atoms with E-state index in [0.717, 1.165) is 11.1 Å². The number of benzene rings is 1. The maximum atomic E-state index is 12.3. The first-order chi connectivity index (χ1) is 9.40. The molecule has 0 bridgehead atoms. The van der Waals surface area contributed by atoms with Gasteiger partial charge in [0.1, 0.15) is 0 Å². The fourth-order valence-corrected chi connectivity index (χ4v) is 2.22. The first kappa shape index (κ1) is 14.2. The molecular formula is C15H18N2O3. The van der Waals surface area contributed by atoms with Crippen molar-refractivity contribution in [2.24, 2.45) is 0 Å². The number of amides is 2. The van der Waals surface area contributed by atoms with E-state index in [2.05, 4.69) is 0 Å². The van der Waals surface area contributed by atoms with Crippen LogP contribution in [-0.4, -0.2) is 54.1 Å². The van der Waals surface area contributed by atoms with Gasteiger partial charge in [-0.25, -0.2) is 0 Å². The normalized spacial score (nSPS) is 15.8. The zero-order valence-electron chi connectivity index (χ0n) is 12.0. The Hall–Kier alpha value is -2.17. The average Bonchev–Trinajstić information content (AvgIpc) is 2.42. The van der Waals surface area contributed by atoms with Gasteiger partial charge in [0.25, 0.3) is 0 Å². The van der Waals surface area contributed by atoms with Crippen molar-refractivity contribution in [3.63, 3.8) is 0 Å². The van der Waals surface area contributed by atoms with Crippen molar-refractivity contribution >= 4 is 17.6 Å². The molecule has 20 heavy (non-hydrogen) atoms. The van der Waals surface area contributed by atoms with E-state index in [1.807, 2.05) is 32.0 Å². The summed E-state index contributed by atoms with van der Waals surface area (Å²) in [5, 5.41) is 0. The molecule has 1 fully saturated rings. The molecule has 1 aromatic rings. The molecule has 0 atom stereocenters. The van der Waals surface area contributed by atoms with Gasteiger partial charge in [0, 0.05) is 25.7 Å². The zero-order valence-corrected chi connectivity index (χ0v) is 12.0. The van der Waals surface area contributed by atoms with E-state index in [9.17, 15) is 14.4 Å². The second-order valence-electron chi connectivity index (χ2n) is 5.19. The van der Waals surface area contributed by atoms with Crippen LogP contribution in [0.1, 0.15) is 21.5 Å². The van der Waals surface area contributed by atoms with Crippen molar-refractivity contribution < 1.29 is 14.4 Å². The maximum Gasteiger partial charge on any atom is 0.312 e. The summed E-state index contributed by atoms with van der Waals surface area (Å²) in [5.74, 6) is -1.28. The third-order valence-electron chi connectivity index (χ3n) is 3.55. The molecule has 0 radical (unpaired) electrons. The Morgan fingerprint density at radius 1 is 1.15 bits per heavy atom. The van der Waals surface area contributed by atoms with Gasteiger partial charge in [-0.2, -0.15) is 0 Å². The van der Waals surface area contributed by atoms with E-state index in [1.165, 1.54) is 9.80 Å². The highest BCUT2D eigenvalue weighted by Gasteiger charge is 2.31. The summed E-state index contributed by atoms with van der Waals surface area (Å²) < 4.78 is 0. The summed E-state index contributed by atoms with van der Waals surface area (Å²) >= 11 is 0. The lowest BCUT2D eigenvalue weighted by Gasteiger charge is -2.31. The summed E-state index contributed by atoms with van der Waals surface area (Å²) in [5.41, 5.74) is 2.50. The average molecular weight is 274 g/mol. The zero-order chi connectivity index (χ0) is 14.9. The van der Waals surface area contributed by atoms with Crippen LogP contribution >= 0.6 is 0 Å². The Kier molecular flexibility index (Phi) is 3.88. The molecule has 0 saturated carbocycles. The second kappa shape index (κ2) is 5.45. The van der Waals surface area contributed by atoms with Gasteiger partial charge in [0.2, 0.25) is 0 Å². The Morgan fingerprint density at radius 3 is 2.55 bits per heavy atom. The number of Topliss-reactive ketones (excluding diaryl/α,β-unsaturated/α-hetero) is 1. The molecule has 2 rings (SSSR count). The topological polar surface area (TPSA) is 57.7 Å². The number of ketones is 1. The standard InChI is InChI=1S/C15H18N2O3/c1-10-4-5-11(2)12(8-10)13(18)9-17-7-6-16(3)14(19)15(17)20/h4-5,8H,6-7,9H2,1-3H3. The van der Waals surface area contributed by atoms with E-state index in [0.29, 0.717) is 18.7 Å². The number of carbonyl (C=O) groups excluding carboxylic acids is 3. The fourth-order valence-electron chi connectivity index (χ4n) is 2.22. The number of nitrogens with zero attached hydrogens (tertiary/aromatic N) is 2. The maximum absolute atomic E-state index is 12.3. The van der Waals surface area contributed by atoms with Gasteiger partial charge in [-0.3, -0.25) is 14.4 Å². The van der Waals surface area contributed by atoms with E-state index in [1.54, 1.807) is 7.05 Å². The molecule has 2 amide bonds. The second-order valence-corrected chi connectivity index (χ2v) is 5.19. The van der Waals surface area contributed by atoms with Gasteiger partial charge in [-0.15, -0.1) is 0 Å². The number of likely N-dealkylation sites (N-methyl/N-ethyl adjacent to an activating group) is 1. The molecule has 0 spiro atoms. The number of hydrogen-bond acceptors (Lipinski definition) is 3. The summed E-state index contributed by atoms with van der Waals surface area (Å²) in [4.78, 5) is 38.4. The van der Waals surface area contributed by atoms with Crippen molar-refractivity contribution in [3.05, 3.63) is 34.9 Å². The van der Waals surface area contributed by atoms with Crippen LogP contribution in [-0.2, 0) is 9.59 Å². The monoisotopic (exact) mass is 274 g/mol. The number of rotatable bonds is 3. The predicted molar refractivity (Wildman–Crippen MR) is 74.5 cm³/mol. The molecule has 0 aromatic heterocycles. The van der Waals surface area contributed by atoms with Gasteiger partial charge in [0.15, 0.2) is 5.78 Å².